The molecule has 2 aromatic rings. The minimum atomic E-state index is -0.341. The molecule has 0 aliphatic heterocycles. The number of nitrogens with zero attached hydrogens (tertiary/aromatic N) is 2. The molecule has 1 heterocycles. The molecule has 0 radical (unpaired) electrons. The first-order chi connectivity index (χ1) is 10.4. The number of methoxy groups -OCH3 is 1. The van der Waals surface area contributed by atoms with E-state index in [4.69, 9.17) is 27.9 Å². The topological polar surface area (TPSA) is 56.1 Å². The van der Waals surface area contributed by atoms with Gasteiger partial charge in [-0.15, -0.1) is 0 Å². The zero-order chi connectivity index (χ0) is 16.4. The predicted molar refractivity (Wildman–Crippen MR) is 86.9 cm³/mol. The lowest BCUT2D eigenvalue weighted by Crippen LogP contribution is -2.24. The van der Waals surface area contributed by atoms with Crippen LogP contribution >= 0.6 is 23.2 Å². The van der Waals surface area contributed by atoms with Gasteiger partial charge in [-0.25, -0.2) is 0 Å². The molecule has 7 heteroatoms. The van der Waals surface area contributed by atoms with Crippen LogP contribution < -0.4 is 10.1 Å². The molecule has 1 amide bonds. The molecule has 0 unspecified atom stereocenters. The summed E-state index contributed by atoms with van der Waals surface area (Å²) >= 11 is 12.1. The van der Waals surface area contributed by atoms with Crippen LogP contribution in [-0.2, 0) is 13.6 Å². The fraction of sp³-hybridized carbons (Fsp3) is 0.333. The number of ether oxygens (including phenoxy) is 1. The Morgan fingerprint density at radius 3 is 2.50 bits per heavy atom. The van der Waals surface area contributed by atoms with Crippen molar-refractivity contribution in [3.63, 3.8) is 0 Å². The molecular formula is C15H17Cl2N3O2. The predicted octanol–water partition coefficient (Wildman–Crippen LogP) is 3.28. The van der Waals surface area contributed by atoms with Crippen molar-refractivity contribution < 1.29 is 9.53 Å². The monoisotopic (exact) mass is 341 g/mol. The van der Waals surface area contributed by atoms with Crippen molar-refractivity contribution >= 4 is 29.1 Å². The van der Waals surface area contributed by atoms with Gasteiger partial charge in [-0.3, -0.25) is 9.48 Å². The average molecular weight is 342 g/mol. The molecule has 22 heavy (non-hydrogen) atoms. The number of nitrogens with one attached hydrogen (secondary N) is 1. The number of carbonyl (C=O) groups excluding carboxylic acids is 1. The summed E-state index contributed by atoms with van der Waals surface area (Å²) in [6, 6.07) is 3.16. The van der Waals surface area contributed by atoms with E-state index in [1.165, 1.54) is 7.11 Å². The van der Waals surface area contributed by atoms with Crippen molar-refractivity contribution in [1.29, 1.82) is 0 Å². The summed E-state index contributed by atoms with van der Waals surface area (Å²) in [4.78, 5) is 12.4. The highest BCUT2D eigenvalue weighted by molar-refractivity contribution is 6.37. The van der Waals surface area contributed by atoms with E-state index in [-0.39, 0.29) is 17.2 Å². The van der Waals surface area contributed by atoms with Crippen molar-refractivity contribution in [3.05, 3.63) is 44.7 Å². The summed E-state index contributed by atoms with van der Waals surface area (Å²) in [5, 5.41) is 7.79. The second-order valence-electron chi connectivity index (χ2n) is 4.89. The zero-order valence-electron chi connectivity index (χ0n) is 12.8. The molecule has 1 aromatic carbocycles. The lowest BCUT2D eigenvalue weighted by molar-refractivity contribution is 0.0948. The second-order valence-corrected chi connectivity index (χ2v) is 5.71. The van der Waals surface area contributed by atoms with E-state index in [9.17, 15) is 4.79 Å². The highest BCUT2D eigenvalue weighted by atomic mass is 35.5. The number of benzene rings is 1. The minimum absolute atomic E-state index is 0.232. The molecule has 0 atom stereocenters. The quantitative estimate of drug-likeness (QED) is 0.928. The van der Waals surface area contributed by atoms with Crippen LogP contribution in [0, 0.1) is 13.8 Å². The molecule has 0 saturated carbocycles. The van der Waals surface area contributed by atoms with E-state index in [1.807, 2.05) is 20.9 Å². The van der Waals surface area contributed by atoms with Crippen LogP contribution in [0.15, 0.2) is 12.1 Å². The van der Waals surface area contributed by atoms with Crippen LogP contribution in [0.25, 0.3) is 0 Å². The summed E-state index contributed by atoms with van der Waals surface area (Å²) in [5.74, 6) is -0.0710. The maximum Gasteiger partial charge on any atom is 0.256 e. The molecule has 0 saturated heterocycles. The standard InChI is InChI=1S/C15H17Cl2N3O2/c1-8-10(9(2)20(3)19-8)7-18-15(21)13-11(16)5-6-12(17)14(13)22-4/h5-6H,7H2,1-4H3,(H,18,21). The summed E-state index contributed by atoms with van der Waals surface area (Å²) in [7, 11) is 3.31. The Bertz CT molecular complexity index is 726. The fourth-order valence-corrected chi connectivity index (χ4v) is 2.74. The largest absolute Gasteiger partial charge is 0.494 e. The van der Waals surface area contributed by atoms with Crippen molar-refractivity contribution in [1.82, 2.24) is 15.1 Å². The number of halogens is 2. The van der Waals surface area contributed by atoms with Crippen LogP contribution in [0.3, 0.4) is 0 Å². The van der Waals surface area contributed by atoms with E-state index in [1.54, 1.807) is 16.8 Å². The second kappa shape index (κ2) is 6.58. The highest BCUT2D eigenvalue weighted by Crippen LogP contribution is 2.33. The summed E-state index contributed by atoms with van der Waals surface area (Å²) in [5.41, 5.74) is 3.09. The molecular weight excluding hydrogens is 325 g/mol. The van der Waals surface area contributed by atoms with Crippen LogP contribution in [0.1, 0.15) is 27.3 Å². The Kier molecular flexibility index (Phi) is 4.98. The molecule has 2 rings (SSSR count). The molecule has 5 nitrogen and oxygen atoms in total. The first-order valence-corrected chi connectivity index (χ1v) is 7.41. The van der Waals surface area contributed by atoms with Crippen LogP contribution in [0.2, 0.25) is 10.0 Å². The average Bonchev–Trinajstić information content (AvgIpc) is 2.72. The van der Waals surface area contributed by atoms with Gasteiger partial charge in [-0.05, 0) is 26.0 Å². The number of hydrogen-bond acceptors (Lipinski definition) is 3. The number of aryl methyl sites for hydroxylation is 2. The Morgan fingerprint density at radius 2 is 1.95 bits per heavy atom. The lowest BCUT2D eigenvalue weighted by Gasteiger charge is -2.12. The first-order valence-electron chi connectivity index (χ1n) is 6.66. The summed E-state index contributed by atoms with van der Waals surface area (Å²) in [6.07, 6.45) is 0. The number of hydrogen-bond donors (Lipinski definition) is 1. The van der Waals surface area contributed by atoms with Gasteiger partial charge in [-0.2, -0.15) is 5.10 Å². The number of rotatable bonds is 4. The highest BCUT2D eigenvalue weighted by Gasteiger charge is 2.20. The van der Waals surface area contributed by atoms with Gasteiger partial charge in [0.25, 0.3) is 5.91 Å². The SMILES string of the molecule is COc1c(Cl)ccc(Cl)c1C(=O)NCc1c(C)nn(C)c1C. The van der Waals surface area contributed by atoms with Gasteiger partial charge in [-0.1, -0.05) is 23.2 Å². The molecule has 0 spiro atoms. The summed E-state index contributed by atoms with van der Waals surface area (Å²) in [6.45, 7) is 4.21. The maximum atomic E-state index is 12.4. The molecule has 0 fully saturated rings. The molecule has 1 N–H and O–H groups in total. The van der Waals surface area contributed by atoms with Crippen molar-refractivity contribution in [2.45, 2.75) is 20.4 Å². The van der Waals surface area contributed by atoms with Gasteiger partial charge < -0.3 is 10.1 Å². The van der Waals surface area contributed by atoms with E-state index in [2.05, 4.69) is 10.4 Å². The van der Waals surface area contributed by atoms with Gasteiger partial charge in [0, 0.05) is 24.8 Å². The molecule has 0 aliphatic carbocycles. The molecule has 1 aromatic heterocycles. The Morgan fingerprint density at radius 1 is 1.32 bits per heavy atom. The third-order valence-electron chi connectivity index (χ3n) is 3.57. The van der Waals surface area contributed by atoms with Crippen molar-refractivity contribution in [2.24, 2.45) is 7.05 Å². The van der Waals surface area contributed by atoms with Crippen LogP contribution in [0.5, 0.6) is 5.75 Å². The van der Waals surface area contributed by atoms with Gasteiger partial charge in [0.2, 0.25) is 0 Å². The molecule has 0 aliphatic rings. The maximum absolute atomic E-state index is 12.4. The number of amides is 1. The molecule has 0 bridgehead atoms. The fourth-order valence-electron chi connectivity index (χ4n) is 2.27. The third kappa shape index (κ3) is 3.05. The lowest BCUT2D eigenvalue weighted by atomic mass is 10.1. The minimum Gasteiger partial charge on any atom is -0.494 e. The van der Waals surface area contributed by atoms with Gasteiger partial charge in [0.05, 0.1) is 22.8 Å². The smallest absolute Gasteiger partial charge is 0.256 e. The van der Waals surface area contributed by atoms with Crippen molar-refractivity contribution in [3.8, 4) is 5.75 Å². The normalized spacial score (nSPS) is 10.6. The Labute approximate surface area is 139 Å². The third-order valence-corrected chi connectivity index (χ3v) is 4.19. The number of aromatic nitrogens is 2. The van der Waals surface area contributed by atoms with E-state index < -0.39 is 0 Å². The van der Waals surface area contributed by atoms with Crippen molar-refractivity contribution in [2.75, 3.05) is 7.11 Å². The van der Waals surface area contributed by atoms with Gasteiger partial charge in [0.15, 0.2) is 5.75 Å². The Balaban J connectivity index is 2.25. The first kappa shape index (κ1) is 16.6. The Hall–Kier alpha value is -1.72. The van der Waals surface area contributed by atoms with Crippen LogP contribution in [0.4, 0.5) is 0 Å². The van der Waals surface area contributed by atoms with E-state index in [0.29, 0.717) is 16.6 Å². The molecule has 118 valence electrons. The summed E-state index contributed by atoms with van der Waals surface area (Å²) < 4.78 is 6.97. The zero-order valence-corrected chi connectivity index (χ0v) is 14.3. The van der Waals surface area contributed by atoms with Crippen LogP contribution in [-0.4, -0.2) is 22.8 Å². The van der Waals surface area contributed by atoms with E-state index in [0.717, 1.165) is 17.0 Å². The van der Waals surface area contributed by atoms with Gasteiger partial charge in [0.1, 0.15) is 5.56 Å². The van der Waals surface area contributed by atoms with E-state index >= 15 is 0 Å². The number of carbonyl (C=O) groups is 1. The van der Waals surface area contributed by atoms with Gasteiger partial charge >= 0.3 is 0 Å².